The summed E-state index contributed by atoms with van der Waals surface area (Å²) < 4.78 is 5.24. The molecule has 1 aliphatic heterocycles. The van der Waals surface area contributed by atoms with Gasteiger partial charge in [0.2, 0.25) is 0 Å². The molecule has 2 heterocycles. The highest BCUT2D eigenvalue weighted by Gasteiger charge is 2.21. The summed E-state index contributed by atoms with van der Waals surface area (Å²) in [5.74, 6) is 1.08. The van der Waals surface area contributed by atoms with Gasteiger partial charge in [0.1, 0.15) is 0 Å². The summed E-state index contributed by atoms with van der Waals surface area (Å²) in [6.07, 6.45) is 2.26. The maximum absolute atomic E-state index is 5.24. The SMILES string of the molecule is CC(C)c1noc(NC2CCN(CCN(C)C)CC2)n1. The van der Waals surface area contributed by atoms with Gasteiger partial charge in [-0.05, 0) is 26.9 Å². The molecular weight excluding hydrogens is 254 g/mol. The van der Waals surface area contributed by atoms with Gasteiger partial charge in [-0.25, -0.2) is 0 Å². The van der Waals surface area contributed by atoms with Crippen LogP contribution in [0.15, 0.2) is 4.52 Å². The third kappa shape index (κ3) is 4.45. The van der Waals surface area contributed by atoms with Crippen molar-refractivity contribution in [2.24, 2.45) is 0 Å². The van der Waals surface area contributed by atoms with E-state index in [2.05, 4.69) is 53.2 Å². The summed E-state index contributed by atoms with van der Waals surface area (Å²) >= 11 is 0. The Morgan fingerprint density at radius 3 is 2.60 bits per heavy atom. The number of anilines is 1. The van der Waals surface area contributed by atoms with Crippen LogP contribution in [0.25, 0.3) is 0 Å². The van der Waals surface area contributed by atoms with Crippen LogP contribution in [0.1, 0.15) is 38.4 Å². The van der Waals surface area contributed by atoms with Gasteiger partial charge in [0, 0.05) is 38.1 Å². The predicted octanol–water partition coefficient (Wildman–Crippen LogP) is 1.63. The standard InChI is InChI=1S/C14H27N5O/c1-11(2)13-16-14(20-17-13)15-12-5-7-19(8-6-12)10-9-18(3)4/h11-12H,5-10H2,1-4H3,(H,15,16,17). The first-order valence-electron chi connectivity index (χ1n) is 7.52. The highest BCUT2D eigenvalue weighted by Crippen LogP contribution is 2.17. The van der Waals surface area contributed by atoms with Gasteiger partial charge in [-0.2, -0.15) is 4.98 Å². The fraction of sp³-hybridized carbons (Fsp3) is 0.857. The Hall–Kier alpha value is -1.14. The first-order valence-corrected chi connectivity index (χ1v) is 7.52. The average Bonchev–Trinajstić information content (AvgIpc) is 2.86. The van der Waals surface area contributed by atoms with Crippen molar-refractivity contribution in [2.75, 3.05) is 45.6 Å². The zero-order valence-corrected chi connectivity index (χ0v) is 13.1. The zero-order valence-electron chi connectivity index (χ0n) is 13.1. The lowest BCUT2D eigenvalue weighted by molar-refractivity contribution is 0.198. The second-order valence-corrected chi connectivity index (χ2v) is 6.18. The molecule has 0 radical (unpaired) electrons. The van der Waals surface area contributed by atoms with Crippen molar-refractivity contribution in [3.05, 3.63) is 5.82 Å². The zero-order chi connectivity index (χ0) is 14.5. The smallest absolute Gasteiger partial charge is 0.321 e. The summed E-state index contributed by atoms with van der Waals surface area (Å²) in [4.78, 5) is 9.12. The normalized spacial score (nSPS) is 18.1. The number of hydrogen-bond donors (Lipinski definition) is 1. The van der Waals surface area contributed by atoms with Crippen LogP contribution in [-0.4, -0.2) is 66.3 Å². The van der Waals surface area contributed by atoms with Crippen LogP contribution in [0, 0.1) is 0 Å². The number of nitrogens with zero attached hydrogens (tertiary/aromatic N) is 4. The van der Waals surface area contributed by atoms with E-state index >= 15 is 0 Å². The Kier molecular flexibility index (Phi) is 5.37. The number of likely N-dealkylation sites (N-methyl/N-ethyl adjacent to an activating group) is 1. The minimum Gasteiger partial charge on any atom is -0.335 e. The van der Waals surface area contributed by atoms with Crippen molar-refractivity contribution in [1.82, 2.24) is 19.9 Å². The summed E-state index contributed by atoms with van der Waals surface area (Å²) in [5, 5.41) is 7.34. The molecule has 1 aromatic heterocycles. The Morgan fingerprint density at radius 1 is 1.35 bits per heavy atom. The Bertz CT molecular complexity index is 396. The van der Waals surface area contributed by atoms with E-state index in [0.717, 1.165) is 44.8 Å². The highest BCUT2D eigenvalue weighted by atomic mass is 16.5. The molecule has 0 atom stereocenters. The van der Waals surface area contributed by atoms with E-state index in [1.807, 2.05) is 0 Å². The van der Waals surface area contributed by atoms with E-state index in [1.165, 1.54) is 0 Å². The van der Waals surface area contributed by atoms with Crippen molar-refractivity contribution in [3.63, 3.8) is 0 Å². The molecule has 2 rings (SSSR count). The number of hydrogen-bond acceptors (Lipinski definition) is 6. The van der Waals surface area contributed by atoms with Crippen molar-refractivity contribution in [3.8, 4) is 0 Å². The third-order valence-electron chi connectivity index (χ3n) is 3.74. The van der Waals surface area contributed by atoms with Gasteiger partial charge in [0.15, 0.2) is 5.82 Å². The molecule has 1 aliphatic rings. The Morgan fingerprint density at radius 2 is 2.05 bits per heavy atom. The first kappa shape index (κ1) is 15.3. The van der Waals surface area contributed by atoms with E-state index in [0.29, 0.717) is 18.0 Å². The van der Waals surface area contributed by atoms with Gasteiger partial charge in [-0.15, -0.1) is 0 Å². The number of likely N-dealkylation sites (tertiary alicyclic amines) is 1. The average molecular weight is 281 g/mol. The van der Waals surface area contributed by atoms with Crippen molar-refractivity contribution in [2.45, 2.75) is 38.6 Å². The summed E-state index contributed by atoms with van der Waals surface area (Å²) in [6.45, 7) is 8.68. The highest BCUT2D eigenvalue weighted by molar-refractivity contribution is 5.21. The topological polar surface area (TPSA) is 57.4 Å². The van der Waals surface area contributed by atoms with Crippen LogP contribution >= 0.6 is 0 Å². The molecule has 0 bridgehead atoms. The van der Waals surface area contributed by atoms with Gasteiger partial charge in [-0.3, -0.25) is 0 Å². The number of nitrogens with one attached hydrogen (secondary N) is 1. The molecule has 0 spiro atoms. The fourth-order valence-electron chi connectivity index (χ4n) is 2.34. The van der Waals surface area contributed by atoms with Gasteiger partial charge < -0.3 is 19.6 Å². The molecule has 6 heteroatoms. The van der Waals surface area contributed by atoms with E-state index in [-0.39, 0.29) is 0 Å². The van der Waals surface area contributed by atoms with Crippen LogP contribution in [0.4, 0.5) is 6.01 Å². The molecule has 20 heavy (non-hydrogen) atoms. The minimum atomic E-state index is 0.308. The molecule has 1 aromatic rings. The lowest BCUT2D eigenvalue weighted by Gasteiger charge is -2.32. The first-order chi connectivity index (χ1) is 9.54. The molecule has 114 valence electrons. The Labute approximate surface area is 121 Å². The minimum absolute atomic E-state index is 0.308. The number of piperidine rings is 1. The molecule has 1 fully saturated rings. The van der Waals surface area contributed by atoms with Crippen LogP contribution in [0.3, 0.4) is 0 Å². The number of aromatic nitrogens is 2. The van der Waals surface area contributed by atoms with Crippen LogP contribution in [-0.2, 0) is 0 Å². The van der Waals surface area contributed by atoms with Gasteiger partial charge >= 0.3 is 6.01 Å². The van der Waals surface area contributed by atoms with Crippen molar-refractivity contribution < 1.29 is 4.52 Å². The van der Waals surface area contributed by atoms with Crippen molar-refractivity contribution >= 4 is 6.01 Å². The molecule has 0 unspecified atom stereocenters. The van der Waals surface area contributed by atoms with Gasteiger partial charge in [0.25, 0.3) is 0 Å². The summed E-state index contributed by atoms with van der Waals surface area (Å²) in [5.41, 5.74) is 0. The van der Waals surface area contributed by atoms with Crippen LogP contribution in [0.2, 0.25) is 0 Å². The fourth-order valence-corrected chi connectivity index (χ4v) is 2.34. The van der Waals surface area contributed by atoms with Gasteiger partial charge in [0.05, 0.1) is 0 Å². The van der Waals surface area contributed by atoms with E-state index in [9.17, 15) is 0 Å². The van der Waals surface area contributed by atoms with Crippen molar-refractivity contribution in [1.29, 1.82) is 0 Å². The van der Waals surface area contributed by atoms with Crippen LogP contribution in [0.5, 0.6) is 0 Å². The lowest BCUT2D eigenvalue weighted by Crippen LogP contribution is -2.41. The lowest BCUT2D eigenvalue weighted by atomic mass is 10.1. The number of rotatable bonds is 6. The van der Waals surface area contributed by atoms with Gasteiger partial charge in [-0.1, -0.05) is 19.0 Å². The molecule has 1 N–H and O–H groups in total. The van der Waals surface area contributed by atoms with E-state index in [4.69, 9.17) is 4.52 Å². The Balaban J connectivity index is 1.73. The molecule has 6 nitrogen and oxygen atoms in total. The van der Waals surface area contributed by atoms with Crippen LogP contribution < -0.4 is 5.32 Å². The summed E-state index contributed by atoms with van der Waals surface area (Å²) in [6, 6.07) is 1.02. The van der Waals surface area contributed by atoms with E-state index in [1.54, 1.807) is 0 Å². The largest absolute Gasteiger partial charge is 0.335 e. The quantitative estimate of drug-likeness (QED) is 0.855. The summed E-state index contributed by atoms with van der Waals surface area (Å²) in [7, 11) is 4.24. The second kappa shape index (κ2) is 7.04. The predicted molar refractivity (Wildman–Crippen MR) is 80.0 cm³/mol. The molecule has 1 saturated heterocycles. The second-order valence-electron chi connectivity index (χ2n) is 6.18. The molecular formula is C14H27N5O. The van der Waals surface area contributed by atoms with E-state index < -0.39 is 0 Å². The molecule has 0 aromatic carbocycles. The maximum atomic E-state index is 5.24. The molecule has 0 amide bonds. The third-order valence-corrected chi connectivity index (χ3v) is 3.74. The maximum Gasteiger partial charge on any atom is 0.321 e. The molecule has 0 saturated carbocycles. The molecule has 0 aliphatic carbocycles. The monoisotopic (exact) mass is 281 g/mol.